The molecule has 1 heterocycles. The van der Waals surface area contributed by atoms with E-state index in [2.05, 4.69) is 204 Å². The molecule has 8 aromatic carbocycles. The molecule has 0 aliphatic carbocycles. The molecule has 0 atom stereocenters. The van der Waals surface area contributed by atoms with Crippen LogP contribution in [0.15, 0.2) is 194 Å². The Morgan fingerprint density at radius 2 is 0.854 bits per heavy atom. The standard InChI is InChI=1S/C46H32N2/c1-4-13-33(14-5-1)36-17-12-22-41(30-36)47(39-18-6-2-7-19-39)42-26-28-44-43-27-25-38(37-24-23-34-15-10-11-16-35(34)29-37)31-45(43)48(46(44)32-42)40-20-8-3-9-21-40/h1-32H. The third-order valence-corrected chi connectivity index (χ3v) is 9.33. The third kappa shape index (κ3) is 4.92. The van der Waals surface area contributed by atoms with Crippen LogP contribution < -0.4 is 4.90 Å². The lowest BCUT2D eigenvalue weighted by Gasteiger charge is -2.26. The Kier molecular flexibility index (Phi) is 6.84. The fourth-order valence-electron chi connectivity index (χ4n) is 7.03. The van der Waals surface area contributed by atoms with E-state index in [1.807, 2.05) is 0 Å². The van der Waals surface area contributed by atoms with Crippen molar-refractivity contribution in [1.29, 1.82) is 0 Å². The van der Waals surface area contributed by atoms with Crippen LogP contribution in [-0.4, -0.2) is 4.57 Å². The second kappa shape index (κ2) is 11.8. The van der Waals surface area contributed by atoms with Gasteiger partial charge in [-0.05, 0) is 93.7 Å². The highest BCUT2D eigenvalue weighted by Gasteiger charge is 2.18. The summed E-state index contributed by atoms with van der Waals surface area (Å²) in [6, 6.07) is 69.9. The molecule has 0 saturated carbocycles. The van der Waals surface area contributed by atoms with E-state index in [4.69, 9.17) is 0 Å². The molecule has 0 spiro atoms. The maximum atomic E-state index is 2.42. The summed E-state index contributed by atoms with van der Waals surface area (Å²) in [5.74, 6) is 0. The molecule has 1 aromatic heterocycles. The summed E-state index contributed by atoms with van der Waals surface area (Å²) < 4.78 is 2.42. The molecule has 0 N–H and O–H groups in total. The Labute approximate surface area is 280 Å². The van der Waals surface area contributed by atoms with Crippen molar-refractivity contribution in [1.82, 2.24) is 4.57 Å². The van der Waals surface area contributed by atoms with Gasteiger partial charge in [-0.3, -0.25) is 0 Å². The van der Waals surface area contributed by atoms with Crippen LogP contribution in [0.5, 0.6) is 0 Å². The zero-order valence-electron chi connectivity index (χ0n) is 26.4. The van der Waals surface area contributed by atoms with Crippen LogP contribution in [0.3, 0.4) is 0 Å². The Balaban J connectivity index is 1.26. The first-order valence-electron chi connectivity index (χ1n) is 16.4. The molecular formula is C46H32N2. The number of benzene rings is 8. The first-order valence-corrected chi connectivity index (χ1v) is 16.4. The van der Waals surface area contributed by atoms with Gasteiger partial charge in [0.2, 0.25) is 0 Å². The lowest BCUT2D eigenvalue weighted by Crippen LogP contribution is -2.10. The summed E-state index contributed by atoms with van der Waals surface area (Å²) in [5.41, 5.74) is 11.7. The number of hydrogen-bond donors (Lipinski definition) is 0. The minimum Gasteiger partial charge on any atom is -0.310 e. The Bertz CT molecular complexity index is 2550. The van der Waals surface area contributed by atoms with Crippen molar-refractivity contribution in [3.05, 3.63) is 194 Å². The van der Waals surface area contributed by atoms with Gasteiger partial charge in [-0.15, -0.1) is 0 Å². The van der Waals surface area contributed by atoms with E-state index in [1.54, 1.807) is 0 Å². The molecule has 48 heavy (non-hydrogen) atoms. The predicted octanol–water partition coefficient (Wildman–Crippen LogP) is 12.7. The summed E-state index contributed by atoms with van der Waals surface area (Å²) in [7, 11) is 0. The maximum absolute atomic E-state index is 2.42. The number of rotatable bonds is 6. The lowest BCUT2D eigenvalue weighted by molar-refractivity contribution is 1.18. The van der Waals surface area contributed by atoms with Gasteiger partial charge < -0.3 is 9.47 Å². The number of fused-ring (bicyclic) bond motifs is 4. The van der Waals surface area contributed by atoms with Crippen molar-refractivity contribution >= 4 is 49.6 Å². The highest BCUT2D eigenvalue weighted by molar-refractivity contribution is 6.11. The molecule has 2 nitrogen and oxygen atoms in total. The van der Waals surface area contributed by atoms with E-state index >= 15 is 0 Å². The van der Waals surface area contributed by atoms with Crippen LogP contribution in [0.2, 0.25) is 0 Å². The van der Waals surface area contributed by atoms with E-state index in [9.17, 15) is 0 Å². The van der Waals surface area contributed by atoms with Crippen LogP contribution in [0.4, 0.5) is 17.1 Å². The first kappa shape index (κ1) is 27.9. The minimum atomic E-state index is 1.11. The summed E-state index contributed by atoms with van der Waals surface area (Å²) in [6.45, 7) is 0. The molecule has 0 aliphatic rings. The van der Waals surface area contributed by atoms with Crippen LogP contribution in [0.25, 0.3) is 60.5 Å². The molecular weight excluding hydrogens is 581 g/mol. The number of anilines is 3. The van der Waals surface area contributed by atoms with Gasteiger partial charge in [0.1, 0.15) is 0 Å². The molecule has 0 aliphatic heterocycles. The Morgan fingerprint density at radius 3 is 1.65 bits per heavy atom. The van der Waals surface area contributed by atoms with Gasteiger partial charge >= 0.3 is 0 Å². The number of hydrogen-bond acceptors (Lipinski definition) is 1. The van der Waals surface area contributed by atoms with Gasteiger partial charge in [-0.1, -0.05) is 133 Å². The second-order valence-corrected chi connectivity index (χ2v) is 12.3. The second-order valence-electron chi connectivity index (χ2n) is 12.3. The van der Waals surface area contributed by atoms with Crippen LogP contribution in [-0.2, 0) is 0 Å². The van der Waals surface area contributed by atoms with Gasteiger partial charge in [-0.2, -0.15) is 0 Å². The number of nitrogens with zero attached hydrogens (tertiary/aromatic N) is 2. The fraction of sp³-hybridized carbons (Fsp3) is 0. The van der Waals surface area contributed by atoms with Gasteiger partial charge in [0.15, 0.2) is 0 Å². The van der Waals surface area contributed by atoms with Gasteiger partial charge in [0.05, 0.1) is 11.0 Å². The van der Waals surface area contributed by atoms with Gasteiger partial charge in [0.25, 0.3) is 0 Å². The molecule has 0 unspecified atom stereocenters. The fourth-order valence-corrected chi connectivity index (χ4v) is 7.03. The highest BCUT2D eigenvalue weighted by atomic mass is 15.1. The van der Waals surface area contributed by atoms with Gasteiger partial charge in [0, 0.05) is 33.5 Å². The van der Waals surface area contributed by atoms with Crippen LogP contribution in [0, 0.1) is 0 Å². The molecule has 0 bridgehead atoms. The number of para-hydroxylation sites is 2. The highest BCUT2D eigenvalue weighted by Crippen LogP contribution is 2.41. The maximum Gasteiger partial charge on any atom is 0.0561 e. The van der Waals surface area contributed by atoms with Crippen molar-refractivity contribution in [2.45, 2.75) is 0 Å². The minimum absolute atomic E-state index is 1.11. The Morgan fingerprint density at radius 1 is 0.312 bits per heavy atom. The van der Waals surface area contributed by atoms with E-state index in [0.717, 1.165) is 22.7 Å². The zero-order chi connectivity index (χ0) is 31.9. The smallest absolute Gasteiger partial charge is 0.0561 e. The third-order valence-electron chi connectivity index (χ3n) is 9.33. The summed E-state index contributed by atoms with van der Waals surface area (Å²) >= 11 is 0. The predicted molar refractivity (Wildman–Crippen MR) is 204 cm³/mol. The summed E-state index contributed by atoms with van der Waals surface area (Å²) in [6.07, 6.45) is 0. The van der Waals surface area contributed by atoms with Crippen molar-refractivity contribution < 1.29 is 0 Å². The normalized spacial score (nSPS) is 11.3. The summed E-state index contributed by atoms with van der Waals surface area (Å²) in [4.78, 5) is 2.36. The lowest BCUT2D eigenvalue weighted by atomic mass is 10.00. The molecule has 2 heteroatoms. The molecule has 0 amide bonds. The molecule has 226 valence electrons. The monoisotopic (exact) mass is 612 g/mol. The molecule has 0 radical (unpaired) electrons. The van der Waals surface area contributed by atoms with Crippen molar-refractivity contribution in [3.8, 4) is 27.9 Å². The number of aromatic nitrogens is 1. The van der Waals surface area contributed by atoms with Crippen LogP contribution in [0.1, 0.15) is 0 Å². The molecule has 0 saturated heterocycles. The molecule has 9 rings (SSSR count). The van der Waals surface area contributed by atoms with Crippen LogP contribution >= 0.6 is 0 Å². The van der Waals surface area contributed by atoms with E-state index in [0.29, 0.717) is 0 Å². The average molecular weight is 613 g/mol. The topological polar surface area (TPSA) is 8.17 Å². The van der Waals surface area contributed by atoms with E-state index in [-0.39, 0.29) is 0 Å². The van der Waals surface area contributed by atoms with E-state index < -0.39 is 0 Å². The quantitative estimate of drug-likeness (QED) is 0.181. The molecule has 0 fully saturated rings. The Hall–Kier alpha value is -6.38. The van der Waals surface area contributed by atoms with Crippen molar-refractivity contribution in [2.75, 3.05) is 4.90 Å². The largest absolute Gasteiger partial charge is 0.310 e. The van der Waals surface area contributed by atoms with Crippen molar-refractivity contribution in [2.24, 2.45) is 0 Å². The van der Waals surface area contributed by atoms with Crippen molar-refractivity contribution in [3.63, 3.8) is 0 Å². The summed E-state index contributed by atoms with van der Waals surface area (Å²) in [5, 5.41) is 4.97. The first-order chi connectivity index (χ1) is 23.8. The zero-order valence-corrected chi connectivity index (χ0v) is 26.4. The van der Waals surface area contributed by atoms with Gasteiger partial charge in [-0.25, -0.2) is 0 Å². The average Bonchev–Trinajstić information content (AvgIpc) is 3.49. The van der Waals surface area contributed by atoms with E-state index in [1.165, 1.54) is 54.8 Å². The SMILES string of the molecule is c1ccc(-c2cccc(N(c3ccccc3)c3ccc4c5ccc(-c6ccc7ccccc7c6)cc5n(-c5ccccc5)c4c3)c2)cc1. The molecule has 9 aromatic rings.